The van der Waals surface area contributed by atoms with Crippen LogP contribution in [0.25, 0.3) is 10.9 Å². The first kappa shape index (κ1) is 29.3. The van der Waals surface area contributed by atoms with Gasteiger partial charge in [-0.25, -0.2) is 12.4 Å². The normalized spacial score (nSPS) is 13.0. The number of nitrogens with two attached hydrogens (primary N) is 3. The van der Waals surface area contributed by atoms with E-state index in [0.717, 1.165) is 5.56 Å². The quantitative estimate of drug-likeness (QED) is 0.126. The summed E-state index contributed by atoms with van der Waals surface area (Å²) in [5.41, 5.74) is 19.2. The first-order valence-corrected chi connectivity index (χ1v) is 13.9. The van der Waals surface area contributed by atoms with Gasteiger partial charge in [0.25, 0.3) is 0 Å². The molecule has 2 aromatic carbocycles. The molecule has 0 fully saturated rings. The van der Waals surface area contributed by atoms with Gasteiger partial charge >= 0.3 is 0 Å². The molecule has 0 aliphatic carbocycles. The molecule has 0 radical (unpaired) electrons. The summed E-state index contributed by atoms with van der Waals surface area (Å²) in [6, 6.07) is 11.5. The van der Waals surface area contributed by atoms with Gasteiger partial charge in [0.2, 0.25) is 27.7 Å². The lowest BCUT2D eigenvalue weighted by molar-refractivity contribution is -0.130. The number of para-hydroxylation sites is 1. The third-order valence-corrected chi connectivity index (χ3v) is 7.88. The molecule has 3 rings (SSSR count). The van der Waals surface area contributed by atoms with Crippen LogP contribution in [0.5, 0.6) is 0 Å². The lowest BCUT2D eigenvalue weighted by Gasteiger charge is -2.20. The number of carbonyl (C=O) groups excluding carboxylic acids is 3. The van der Waals surface area contributed by atoms with Crippen molar-refractivity contribution in [3.05, 3.63) is 71.4 Å². The summed E-state index contributed by atoms with van der Waals surface area (Å²) >= 11 is 0. The monoisotopic (exact) mass is 555 g/mol. The zero-order valence-corrected chi connectivity index (χ0v) is 22.3. The third kappa shape index (κ3) is 7.42. The molecule has 0 spiro atoms. The second-order valence-corrected chi connectivity index (χ2v) is 11.2. The maximum Gasteiger partial charge on any atom is 0.242 e. The molecule has 39 heavy (non-hydrogen) atoms. The van der Waals surface area contributed by atoms with E-state index >= 15 is 0 Å². The fraction of sp³-hybridized carbons (Fsp3) is 0.308. The molecule has 1 heterocycles. The van der Waals surface area contributed by atoms with E-state index in [2.05, 4.69) is 10.6 Å². The van der Waals surface area contributed by atoms with Gasteiger partial charge in [-0.2, -0.15) is 0 Å². The average Bonchev–Trinajstić information content (AvgIpc) is 3.28. The molecule has 13 heteroatoms. The summed E-state index contributed by atoms with van der Waals surface area (Å²) in [4.78, 5) is 37.2. The van der Waals surface area contributed by atoms with Crippen molar-refractivity contribution in [3.8, 4) is 0 Å². The van der Waals surface area contributed by atoms with Crippen LogP contribution in [-0.2, 0) is 37.4 Å². The molecular formula is C26H33N7O5S. The molecule has 1 aromatic heterocycles. The highest BCUT2D eigenvalue weighted by Crippen LogP contribution is 2.24. The molecule has 0 saturated heterocycles. The number of amides is 3. The Hall–Kier alpha value is -4.23. The fourth-order valence-electron chi connectivity index (χ4n) is 4.03. The van der Waals surface area contributed by atoms with Crippen molar-refractivity contribution >= 4 is 44.5 Å². The first-order valence-electron chi connectivity index (χ1n) is 12.3. The Morgan fingerprint density at radius 1 is 1.03 bits per heavy atom. The molecule has 0 aliphatic rings. The molecule has 0 saturated carbocycles. The van der Waals surface area contributed by atoms with Crippen LogP contribution in [0.3, 0.4) is 0 Å². The molecule has 2 atom stereocenters. The number of nitrogens with one attached hydrogen (secondary N) is 3. The van der Waals surface area contributed by atoms with E-state index in [4.69, 9.17) is 22.6 Å². The van der Waals surface area contributed by atoms with E-state index in [1.54, 1.807) is 55.5 Å². The number of carbonyl (C=O) groups is 3. The predicted octanol–water partition coefficient (Wildman–Crippen LogP) is 0.0597. The number of aromatic nitrogens is 1. The number of nitrogen functional groups attached to an aromatic ring is 1. The predicted molar refractivity (Wildman–Crippen MR) is 148 cm³/mol. The maximum atomic E-state index is 13.0. The van der Waals surface area contributed by atoms with Gasteiger partial charge < -0.3 is 27.8 Å². The van der Waals surface area contributed by atoms with Gasteiger partial charge in [0.05, 0.1) is 17.3 Å². The Morgan fingerprint density at radius 2 is 1.69 bits per heavy atom. The van der Waals surface area contributed by atoms with Crippen LogP contribution in [0.4, 0.5) is 0 Å². The third-order valence-electron chi connectivity index (χ3n) is 6.25. The Morgan fingerprint density at radius 3 is 2.31 bits per heavy atom. The first-order chi connectivity index (χ1) is 18.4. The molecule has 9 N–H and O–H groups in total. The standard InChI is InChI=1S/C26H33N7O5S/c1-2-39(37,38)33-15-18(19-5-3-4-6-22(19)33)13-20(27)25(35)32-21(11-12-23(28)34)26(36)31-14-16-7-9-17(10-8-16)24(29)30/h3-10,15,20-21H,2,11-14,27H2,1H3,(H2,28,34)(H3,29,30)(H,31,36)(H,32,35)/t20-,21+/m1/s1. The smallest absolute Gasteiger partial charge is 0.242 e. The van der Waals surface area contributed by atoms with Crippen LogP contribution >= 0.6 is 0 Å². The van der Waals surface area contributed by atoms with E-state index < -0.39 is 39.8 Å². The van der Waals surface area contributed by atoms with Crippen molar-refractivity contribution in [1.82, 2.24) is 14.6 Å². The van der Waals surface area contributed by atoms with Gasteiger partial charge in [0.15, 0.2) is 0 Å². The van der Waals surface area contributed by atoms with Crippen molar-refractivity contribution in [2.45, 2.75) is 44.8 Å². The molecule has 0 aliphatic heterocycles. The number of primary amides is 1. The fourth-order valence-corrected chi connectivity index (χ4v) is 5.05. The largest absolute Gasteiger partial charge is 0.384 e. The number of hydrogen-bond donors (Lipinski definition) is 6. The Balaban J connectivity index is 1.72. The van der Waals surface area contributed by atoms with Crippen LogP contribution in [0.1, 0.15) is 36.5 Å². The van der Waals surface area contributed by atoms with Gasteiger partial charge in [-0.15, -0.1) is 0 Å². The van der Waals surface area contributed by atoms with Crippen molar-refractivity contribution in [1.29, 1.82) is 5.41 Å². The lowest BCUT2D eigenvalue weighted by Crippen LogP contribution is -2.52. The van der Waals surface area contributed by atoms with E-state index in [-0.39, 0.29) is 37.4 Å². The summed E-state index contributed by atoms with van der Waals surface area (Å²) < 4.78 is 26.3. The minimum absolute atomic E-state index is 0.0191. The summed E-state index contributed by atoms with van der Waals surface area (Å²) in [7, 11) is -3.58. The van der Waals surface area contributed by atoms with E-state index in [1.807, 2.05) is 0 Å². The van der Waals surface area contributed by atoms with Crippen LogP contribution in [0.15, 0.2) is 54.7 Å². The lowest BCUT2D eigenvalue weighted by atomic mass is 10.0. The van der Waals surface area contributed by atoms with Crippen molar-refractivity contribution in [2.75, 3.05) is 5.75 Å². The van der Waals surface area contributed by atoms with Gasteiger partial charge in [-0.05, 0) is 37.0 Å². The van der Waals surface area contributed by atoms with Crippen LogP contribution in [-0.4, -0.2) is 53.8 Å². The van der Waals surface area contributed by atoms with Crippen molar-refractivity contribution in [3.63, 3.8) is 0 Å². The summed E-state index contributed by atoms with van der Waals surface area (Å²) in [6.07, 6.45) is 1.32. The molecule has 208 valence electrons. The number of benzene rings is 2. The summed E-state index contributed by atoms with van der Waals surface area (Å²) in [5, 5.41) is 13.4. The molecule has 3 aromatic rings. The van der Waals surface area contributed by atoms with Crippen molar-refractivity contribution in [2.24, 2.45) is 17.2 Å². The van der Waals surface area contributed by atoms with Crippen molar-refractivity contribution < 1.29 is 22.8 Å². The molecule has 3 amide bonds. The highest BCUT2D eigenvalue weighted by molar-refractivity contribution is 7.90. The number of amidine groups is 1. The Kier molecular flexibility index (Phi) is 9.43. The van der Waals surface area contributed by atoms with E-state index in [0.29, 0.717) is 22.0 Å². The maximum absolute atomic E-state index is 13.0. The number of rotatable bonds is 13. The minimum atomic E-state index is -3.58. The zero-order chi connectivity index (χ0) is 28.7. The molecule has 0 bridgehead atoms. The highest BCUT2D eigenvalue weighted by Gasteiger charge is 2.26. The topological polar surface area (TPSA) is 216 Å². The van der Waals surface area contributed by atoms with E-state index in [1.165, 1.54) is 10.2 Å². The molecular weight excluding hydrogens is 522 g/mol. The summed E-state index contributed by atoms with van der Waals surface area (Å²) in [6.45, 7) is 1.68. The van der Waals surface area contributed by atoms with Crippen LogP contribution in [0.2, 0.25) is 0 Å². The van der Waals surface area contributed by atoms with Gasteiger partial charge in [-0.1, -0.05) is 42.5 Å². The molecule has 0 unspecified atom stereocenters. The SMILES string of the molecule is CCS(=O)(=O)n1cc(C[C@@H](N)C(=O)N[C@@H](CCC(N)=O)C(=O)NCc2ccc(C(=N)N)cc2)c2ccccc21. The van der Waals surface area contributed by atoms with Gasteiger partial charge in [0, 0.05) is 30.1 Å². The minimum Gasteiger partial charge on any atom is -0.384 e. The number of hydrogen-bond acceptors (Lipinski definition) is 7. The Bertz CT molecular complexity index is 1480. The Labute approximate surface area is 226 Å². The number of nitrogens with zero attached hydrogens (tertiary/aromatic N) is 1. The highest BCUT2D eigenvalue weighted by atomic mass is 32.2. The number of fused-ring (bicyclic) bond motifs is 1. The van der Waals surface area contributed by atoms with Gasteiger partial charge in [0.1, 0.15) is 11.9 Å². The average molecular weight is 556 g/mol. The second-order valence-electron chi connectivity index (χ2n) is 9.07. The summed E-state index contributed by atoms with van der Waals surface area (Å²) in [5.74, 6) is -1.97. The van der Waals surface area contributed by atoms with Crippen LogP contribution in [0, 0.1) is 5.41 Å². The van der Waals surface area contributed by atoms with Gasteiger partial charge in [-0.3, -0.25) is 19.8 Å². The molecule has 12 nitrogen and oxygen atoms in total. The zero-order valence-electron chi connectivity index (χ0n) is 21.5. The second kappa shape index (κ2) is 12.5. The van der Waals surface area contributed by atoms with Crippen LogP contribution < -0.4 is 27.8 Å². The van der Waals surface area contributed by atoms with E-state index in [9.17, 15) is 22.8 Å².